The number of hydrogen-bond donors (Lipinski definition) is 3. The van der Waals surface area contributed by atoms with Gasteiger partial charge in [0.05, 0.1) is 7.11 Å². The third-order valence-electron chi connectivity index (χ3n) is 1.50. The fourth-order valence-electron chi connectivity index (χ4n) is 0.905. The molecule has 5 nitrogen and oxygen atoms in total. The second kappa shape index (κ2) is 4.69. The molecule has 0 saturated carbocycles. The van der Waals surface area contributed by atoms with Gasteiger partial charge in [-0.2, -0.15) is 0 Å². The summed E-state index contributed by atoms with van der Waals surface area (Å²) in [6, 6.07) is 4.90. The van der Waals surface area contributed by atoms with Crippen LogP contribution in [0.25, 0.3) is 0 Å². The topological polar surface area (TPSA) is 79.9 Å². The Hall–Kier alpha value is -1.46. The first-order valence-corrected chi connectivity index (χ1v) is 4.13. The molecule has 0 aromatic heterocycles. The third-order valence-corrected chi connectivity index (χ3v) is 1.73. The lowest BCUT2D eigenvalue weighted by atomic mass is 10.3. The minimum Gasteiger partial charge on any atom is -0.494 e. The van der Waals surface area contributed by atoms with E-state index in [-0.39, 0.29) is 5.96 Å². The number of methoxy groups -OCH3 is 1. The van der Waals surface area contributed by atoms with Crippen molar-refractivity contribution >= 4 is 23.2 Å². The zero-order chi connectivity index (χ0) is 10.6. The van der Waals surface area contributed by atoms with Crippen LogP contribution in [0, 0.1) is 0 Å². The number of benzene rings is 1. The van der Waals surface area contributed by atoms with Gasteiger partial charge in [0.2, 0.25) is 5.96 Å². The van der Waals surface area contributed by atoms with Gasteiger partial charge in [-0.25, -0.2) is 10.5 Å². The molecule has 0 aliphatic carbocycles. The Labute approximate surface area is 86.1 Å². The van der Waals surface area contributed by atoms with Crippen LogP contribution in [-0.2, 0) is 0 Å². The van der Waals surface area contributed by atoms with Crippen LogP contribution in [-0.4, -0.2) is 18.3 Å². The Balaban J connectivity index is 3.11. The molecule has 0 heterocycles. The molecule has 1 rings (SSSR count). The lowest BCUT2D eigenvalue weighted by Crippen LogP contribution is -2.27. The van der Waals surface area contributed by atoms with Crippen molar-refractivity contribution in [2.75, 3.05) is 7.11 Å². The Bertz CT molecular complexity index is 354. The van der Waals surface area contributed by atoms with E-state index in [1.807, 2.05) is 0 Å². The van der Waals surface area contributed by atoms with Gasteiger partial charge in [0.1, 0.15) is 11.4 Å². The van der Waals surface area contributed by atoms with Crippen molar-refractivity contribution in [1.82, 2.24) is 5.48 Å². The lowest BCUT2D eigenvalue weighted by Gasteiger charge is -2.05. The highest BCUT2D eigenvalue weighted by molar-refractivity contribution is 6.30. The number of ether oxygens (including phenoxy) is 1. The second-order valence-electron chi connectivity index (χ2n) is 2.43. The summed E-state index contributed by atoms with van der Waals surface area (Å²) in [4.78, 5) is 3.83. The van der Waals surface area contributed by atoms with Gasteiger partial charge in [-0.05, 0) is 18.2 Å². The van der Waals surface area contributed by atoms with Gasteiger partial charge in [0, 0.05) is 5.02 Å². The van der Waals surface area contributed by atoms with Gasteiger partial charge in [0.25, 0.3) is 0 Å². The number of guanidine groups is 1. The lowest BCUT2D eigenvalue weighted by molar-refractivity contribution is 0.233. The summed E-state index contributed by atoms with van der Waals surface area (Å²) in [6.45, 7) is 0. The van der Waals surface area contributed by atoms with Crippen molar-refractivity contribution < 1.29 is 9.94 Å². The number of hydroxylamine groups is 1. The van der Waals surface area contributed by atoms with Gasteiger partial charge in [0.15, 0.2) is 0 Å². The summed E-state index contributed by atoms with van der Waals surface area (Å²) in [5.74, 6) is 0.387. The Morgan fingerprint density at radius 2 is 2.36 bits per heavy atom. The maximum atomic E-state index is 8.45. The van der Waals surface area contributed by atoms with Crippen LogP contribution in [0.15, 0.2) is 23.2 Å². The first kappa shape index (κ1) is 10.6. The summed E-state index contributed by atoms with van der Waals surface area (Å²) in [5.41, 5.74) is 7.43. The van der Waals surface area contributed by atoms with Crippen LogP contribution in [0.1, 0.15) is 0 Å². The minimum atomic E-state index is -0.134. The number of halogens is 1. The van der Waals surface area contributed by atoms with E-state index in [1.54, 1.807) is 23.7 Å². The quantitative estimate of drug-likeness (QED) is 0.394. The summed E-state index contributed by atoms with van der Waals surface area (Å²) in [5, 5.41) is 8.96. The minimum absolute atomic E-state index is 0.134. The summed E-state index contributed by atoms with van der Waals surface area (Å²) in [7, 11) is 1.50. The first-order chi connectivity index (χ1) is 6.67. The van der Waals surface area contributed by atoms with Crippen LogP contribution in [0.5, 0.6) is 5.75 Å². The molecule has 0 unspecified atom stereocenters. The largest absolute Gasteiger partial charge is 0.494 e. The molecule has 0 amide bonds. The molecule has 0 aliphatic heterocycles. The van der Waals surface area contributed by atoms with E-state index in [0.29, 0.717) is 16.5 Å². The fourth-order valence-corrected chi connectivity index (χ4v) is 1.07. The zero-order valence-corrected chi connectivity index (χ0v) is 8.25. The number of nitrogens with two attached hydrogens (primary N) is 1. The van der Waals surface area contributed by atoms with E-state index in [0.717, 1.165) is 0 Å². The molecule has 0 saturated heterocycles. The van der Waals surface area contributed by atoms with Crippen LogP contribution in [0.3, 0.4) is 0 Å². The standard InChI is InChI=1S/C8H10ClN3O2/c1-14-7-3-2-5(9)4-6(7)11-8(10)12-13/h2-4,13H,1H3,(H3,10,11,12). The summed E-state index contributed by atoms with van der Waals surface area (Å²) in [6.07, 6.45) is 0. The molecule has 0 bridgehead atoms. The predicted octanol–water partition coefficient (Wildman–Crippen LogP) is 1.27. The molecule has 14 heavy (non-hydrogen) atoms. The van der Waals surface area contributed by atoms with E-state index in [1.165, 1.54) is 7.11 Å². The monoisotopic (exact) mass is 215 g/mol. The van der Waals surface area contributed by atoms with Crippen molar-refractivity contribution in [1.29, 1.82) is 0 Å². The van der Waals surface area contributed by atoms with Gasteiger partial charge >= 0.3 is 0 Å². The van der Waals surface area contributed by atoms with Crippen LogP contribution in [0.2, 0.25) is 5.02 Å². The highest BCUT2D eigenvalue weighted by Crippen LogP contribution is 2.29. The van der Waals surface area contributed by atoms with Gasteiger partial charge in [-0.3, -0.25) is 5.21 Å². The summed E-state index contributed by atoms with van der Waals surface area (Å²) < 4.78 is 5.02. The predicted molar refractivity (Wildman–Crippen MR) is 54.2 cm³/mol. The number of nitrogens with one attached hydrogen (secondary N) is 1. The molecule has 76 valence electrons. The van der Waals surface area contributed by atoms with Gasteiger partial charge < -0.3 is 10.5 Å². The SMILES string of the molecule is COc1ccc(Cl)cc1N=C(N)NO. The fraction of sp³-hybridized carbons (Fsp3) is 0.125. The van der Waals surface area contributed by atoms with Crippen LogP contribution < -0.4 is 16.0 Å². The molecule has 0 aliphatic rings. The zero-order valence-electron chi connectivity index (χ0n) is 7.49. The van der Waals surface area contributed by atoms with Crippen molar-refractivity contribution in [3.05, 3.63) is 23.2 Å². The average molecular weight is 216 g/mol. The molecule has 0 fully saturated rings. The number of rotatable bonds is 2. The number of nitrogens with zero attached hydrogens (tertiary/aromatic N) is 1. The van der Waals surface area contributed by atoms with Crippen molar-refractivity contribution in [2.24, 2.45) is 10.7 Å². The van der Waals surface area contributed by atoms with Crippen molar-refractivity contribution in [2.45, 2.75) is 0 Å². The van der Waals surface area contributed by atoms with Crippen molar-refractivity contribution in [3.63, 3.8) is 0 Å². The van der Waals surface area contributed by atoms with Crippen molar-refractivity contribution in [3.8, 4) is 5.75 Å². The highest BCUT2D eigenvalue weighted by Gasteiger charge is 2.02. The van der Waals surface area contributed by atoms with Gasteiger partial charge in [-0.1, -0.05) is 11.6 Å². The Morgan fingerprint density at radius 3 is 2.93 bits per heavy atom. The molecular formula is C8H10ClN3O2. The smallest absolute Gasteiger partial charge is 0.218 e. The second-order valence-corrected chi connectivity index (χ2v) is 2.86. The third kappa shape index (κ3) is 2.51. The van der Waals surface area contributed by atoms with E-state index < -0.39 is 0 Å². The van der Waals surface area contributed by atoms with E-state index in [9.17, 15) is 0 Å². The molecule has 1 aromatic carbocycles. The Morgan fingerprint density at radius 1 is 1.64 bits per heavy atom. The van der Waals surface area contributed by atoms with E-state index in [2.05, 4.69) is 4.99 Å². The Kier molecular flexibility index (Phi) is 3.55. The maximum Gasteiger partial charge on any atom is 0.218 e. The first-order valence-electron chi connectivity index (χ1n) is 3.75. The molecule has 1 aromatic rings. The van der Waals surface area contributed by atoms with Crippen LogP contribution >= 0.6 is 11.6 Å². The van der Waals surface area contributed by atoms with Gasteiger partial charge in [-0.15, -0.1) is 0 Å². The molecule has 0 spiro atoms. The molecule has 4 N–H and O–H groups in total. The van der Waals surface area contributed by atoms with E-state index >= 15 is 0 Å². The highest BCUT2D eigenvalue weighted by atomic mass is 35.5. The molecular weight excluding hydrogens is 206 g/mol. The number of aliphatic imine (C=N–C) groups is 1. The number of hydrogen-bond acceptors (Lipinski definition) is 3. The molecule has 0 atom stereocenters. The average Bonchev–Trinajstić information content (AvgIpc) is 2.18. The molecule has 6 heteroatoms. The van der Waals surface area contributed by atoms with Crippen LogP contribution in [0.4, 0.5) is 5.69 Å². The normalized spacial score (nSPS) is 11.2. The summed E-state index contributed by atoms with van der Waals surface area (Å²) >= 11 is 5.75. The molecule has 0 radical (unpaired) electrons. The van der Waals surface area contributed by atoms with E-state index in [4.69, 9.17) is 27.3 Å². The maximum absolute atomic E-state index is 8.45.